The van der Waals surface area contributed by atoms with E-state index in [1.54, 1.807) is 6.07 Å². The van der Waals surface area contributed by atoms with Crippen LogP contribution in [0.1, 0.15) is 11.1 Å². The Balaban J connectivity index is 1.72. The van der Waals surface area contributed by atoms with E-state index in [0.717, 1.165) is 29.0 Å². The highest BCUT2D eigenvalue weighted by atomic mass is 16.5. The van der Waals surface area contributed by atoms with E-state index in [9.17, 15) is 4.79 Å². The molecule has 1 aromatic heterocycles. The largest absolute Gasteiger partial charge is 0.489 e. The molecular formula is C20H21N3O3. The highest BCUT2D eigenvalue weighted by Crippen LogP contribution is 2.31. The van der Waals surface area contributed by atoms with E-state index in [1.807, 2.05) is 44.2 Å². The normalized spacial score (nSPS) is 16.9. The molecule has 1 fully saturated rings. The summed E-state index contributed by atoms with van der Waals surface area (Å²) >= 11 is 0. The molecule has 1 atom stereocenters. The van der Waals surface area contributed by atoms with Gasteiger partial charge in [0.15, 0.2) is 0 Å². The van der Waals surface area contributed by atoms with Gasteiger partial charge in [0.1, 0.15) is 24.4 Å². The summed E-state index contributed by atoms with van der Waals surface area (Å²) in [4.78, 5) is 19.9. The van der Waals surface area contributed by atoms with Crippen LogP contribution < -0.4 is 15.6 Å². The van der Waals surface area contributed by atoms with Gasteiger partial charge in [-0.3, -0.25) is 10.1 Å². The topological polar surface area (TPSA) is 76.2 Å². The number of para-hydroxylation sites is 1. The summed E-state index contributed by atoms with van der Waals surface area (Å²) in [5, 5.41) is 3.82. The first-order valence-corrected chi connectivity index (χ1v) is 8.71. The first-order valence-electron chi connectivity index (χ1n) is 8.71. The lowest BCUT2D eigenvalue weighted by Crippen LogP contribution is -2.29. The molecule has 2 heterocycles. The summed E-state index contributed by atoms with van der Waals surface area (Å²) < 4.78 is 11.6. The standard InChI is InChI=1S/C20H21N3O3/c1-12-7-8-14(13(2)18(12)26-11-17-21-9-10-25-17)19-22-16-6-4-3-5-15(16)20(24)23-19/h3-8,17,21H,9-11H2,1-2H3,(H,22,23,24). The van der Waals surface area contributed by atoms with Crippen molar-refractivity contribution in [3.8, 4) is 17.1 Å². The monoisotopic (exact) mass is 351 g/mol. The van der Waals surface area contributed by atoms with Gasteiger partial charge < -0.3 is 14.5 Å². The number of aromatic nitrogens is 2. The number of ether oxygens (including phenoxy) is 2. The smallest absolute Gasteiger partial charge is 0.259 e. The maximum absolute atomic E-state index is 12.4. The van der Waals surface area contributed by atoms with E-state index in [2.05, 4.69) is 15.3 Å². The number of aromatic amines is 1. The quantitative estimate of drug-likeness (QED) is 0.755. The number of H-pyrrole nitrogens is 1. The molecule has 0 amide bonds. The van der Waals surface area contributed by atoms with Crippen molar-refractivity contribution in [3.05, 3.63) is 57.9 Å². The molecular weight excluding hydrogens is 330 g/mol. The lowest BCUT2D eigenvalue weighted by Gasteiger charge is -2.17. The van der Waals surface area contributed by atoms with Crippen molar-refractivity contribution in [2.75, 3.05) is 19.8 Å². The van der Waals surface area contributed by atoms with Gasteiger partial charge in [-0.2, -0.15) is 0 Å². The summed E-state index contributed by atoms with van der Waals surface area (Å²) in [5.41, 5.74) is 3.37. The maximum Gasteiger partial charge on any atom is 0.259 e. The molecule has 0 aliphatic carbocycles. The molecule has 26 heavy (non-hydrogen) atoms. The fourth-order valence-electron chi connectivity index (χ4n) is 3.27. The second kappa shape index (κ2) is 6.90. The average molecular weight is 351 g/mol. The Kier molecular flexibility index (Phi) is 4.44. The van der Waals surface area contributed by atoms with Crippen LogP contribution in [0.15, 0.2) is 41.2 Å². The molecule has 0 spiro atoms. The molecule has 1 saturated heterocycles. The Morgan fingerprint density at radius 3 is 2.88 bits per heavy atom. The number of benzene rings is 2. The van der Waals surface area contributed by atoms with Crippen molar-refractivity contribution >= 4 is 10.9 Å². The van der Waals surface area contributed by atoms with Crippen LogP contribution in [0.4, 0.5) is 0 Å². The number of nitrogens with one attached hydrogen (secondary N) is 2. The van der Waals surface area contributed by atoms with E-state index in [1.165, 1.54) is 0 Å². The van der Waals surface area contributed by atoms with Gasteiger partial charge in [-0.15, -0.1) is 0 Å². The number of nitrogens with zero attached hydrogens (tertiary/aromatic N) is 1. The molecule has 2 aromatic carbocycles. The molecule has 1 aliphatic rings. The van der Waals surface area contributed by atoms with Gasteiger partial charge in [0, 0.05) is 17.7 Å². The Morgan fingerprint density at radius 2 is 2.08 bits per heavy atom. The Morgan fingerprint density at radius 1 is 1.23 bits per heavy atom. The molecule has 6 nitrogen and oxygen atoms in total. The molecule has 2 N–H and O–H groups in total. The summed E-state index contributed by atoms with van der Waals surface area (Å²) in [6.07, 6.45) is -0.0870. The van der Waals surface area contributed by atoms with Crippen LogP contribution >= 0.6 is 0 Å². The van der Waals surface area contributed by atoms with Crippen molar-refractivity contribution in [2.45, 2.75) is 20.1 Å². The lowest BCUT2D eigenvalue weighted by molar-refractivity contribution is 0.0577. The average Bonchev–Trinajstić information content (AvgIpc) is 3.15. The van der Waals surface area contributed by atoms with Gasteiger partial charge in [-0.25, -0.2) is 4.98 Å². The second-order valence-corrected chi connectivity index (χ2v) is 6.44. The highest BCUT2D eigenvalue weighted by molar-refractivity contribution is 5.80. The number of rotatable bonds is 4. The first kappa shape index (κ1) is 16.8. The fourth-order valence-corrected chi connectivity index (χ4v) is 3.27. The van der Waals surface area contributed by atoms with E-state index in [0.29, 0.717) is 29.9 Å². The van der Waals surface area contributed by atoms with Gasteiger partial charge in [0.25, 0.3) is 5.56 Å². The molecule has 4 rings (SSSR count). The summed E-state index contributed by atoms with van der Waals surface area (Å²) in [7, 11) is 0. The van der Waals surface area contributed by atoms with E-state index in [4.69, 9.17) is 9.47 Å². The van der Waals surface area contributed by atoms with Crippen LogP contribution in [0.2, 0.25) is 0 Å². The van der Waals surface area contributed by atoms with Crippen molar-refractivity contribution in [3.63, 3.8) is 0 Å². The van der Waals surface area contributed by atoms with Crippen molar-refractivity contribution in [2.24, 2.45) is 0 Å². The third kappa shape index (κ3) is 3.09. The van der Waals surface area contributed by atoms with Gasteiger partial charge in [0.2, 0.25) is 0 Å². The zero-order valence-electron chi connectivity index (χ0n) is 14.8. The fraction of sp³-hybridized carbons (Fsp3) is 0.300. The summed E-state index contributed by atoms with van der Waals surface area (Å²) in [5.74, 6) is 1.35. The number of fused-ring (bicyclic) bond motifs is 1. The minimum Gasteiger partial charge on any atom is -0.489 e. The molecule has 3 aromatic rings. The van der Waals surface area contributed by atoms with E-state index >= 15 is 0 Å². The van der Waals surface area contributed by atoms with Gasteiger partial charge in [-0.05, 0) is 31.5 Å². The number of hydrogen-bond donors (Lipinski definition) is 2. The Hall–Kier alpha value is -2.70. The molecule has 1 aliphatic heterocycles. The van der Waals surface area contributed by atoms with Gasteiger partial charge in [-0.1, -0.05) is 24.3 Å². The van der Waals surface area contributed by atoms with Crippen LogP contribution in [0, 0.1) is 13.8 Å². The molecule has 134 valence electrons. The zero-order chi connectivity index (χ0) is 18.1. The maximum atomic E-state index is 12.4. The first-order chi connectivity index (χ1) is 12.6. The van der Waals surface area contributed by atoms with E-state index < -0.39 is 0 Å². The van der Waals surface area contributed by atoms with Gasteiger partial charge in [0.05, 0.1) is 17.5 Å². The summed E-state index contributed by atoms with van der Waals surface area (Å²) in [6.45, 7) is 5.97. The van der Waals surface area contributed by atoms with Crippen LogP contribution in [0.25, 0.3) is 22.3 Å². The zero-order valence-corrected chi connectivity index (χ0v) is 14.8. The molecule has 0 saturated carbocycles. The minimum absolute atomic E-state index is 0.0870. The third-order valence-corrected chi connectivity index (χ3v) is 4.64. The number of aryl methyl sites for hydroxylation is 1. The molecule has 0 bridgehead atoms. The third-order valence-electron chi connectivity index (χ3n) is 4.64. The predicted octanol–water partition coefficient (Wildman–Crippen LogP) is 2.53. The number of hydrogen-bond acceptors (Lipinski definition) is 5. The van der Waals surface area contributed by atoms with Crippen LogP contribution in [-0.4, -0.2) is 36.0 Å². The molecule has 0 radical (unpaired) electrons. The van der Waals surface area contributed by atoms with Crippen LogP contribution in [0.5, 0.6) is 5.75 Å². The second-order valence-electron chi connectivity index (χ2n) is 6.44. The molecule has 6 heteroatoms. The molecule has 1 unspecified atom stereocenters. The Bertz CT molecular complexity index is 1010. The van der Waals surface area contributed by atoms with E-state index in [-0.39, 0.29) is 11.8 Å². The van der Waals surface area contributed by atoms with Crippen LogP contribution in [-0.2, 0) is 4.74 Å². The minimum atomic E-state index is -0.142. The SMILES string of the molecule is Cc1ccc(-c2nc3ccccc3c(=O)[nH]2)c(C)c1OCC1NCCO1. The predicted molar refractivity (Wildman–Crippen MR) is 101 cm³/mol. The van der Waals surface area contributed by atoms with Crippen molar-refractivity contribution in [1.29, 1.82) is 0 Å². The van der Waals surface area contributed by atoms with Gasteiger partial charge >= 0.3 is 0 Å². The highest BCUT2D eigenvalue weighted by Gasteiger charge is 2.18. The summed E-state index contributed by atoms with van der Waals surface area (Å²) in [6, 6.07) is 11.3. The lowest BCUT2D eigenvalue weighted by atomic mass is 10.0. The van der Waals surface area contributed by atoms with Crippen molar-refractivity contribution in [1.82, 2.24) is 15.3 Å². The Labute approximate surface area is 151 Å². The van der Waals surface area contributed by atoms with Crippen LogP contribution in [0.3, 0.4) is 0 Å². The van der Waals surface area contributed by atoms with Crippen molar-refractivity contribution < 1.29 is 9.47 Å².